The van der Waals surface area contributed by atoms with E-state index in [1.54, 1.807) is 6.07 Å². The third-order valence-corrected chi connectivity index (χ3v) is 3.71. The Morgan fingerprint density at radius 1 is 1.55 bits per heavy atom. The van der Waals surface area contributed by atoms with Crippen molar-refractivity contribution in [2.75, 3.05) is 11.9 Å². The van der Waals surface area contributed by atoms with Crippen LogP contribution in [-0.4, -0.2) is 22.6 Å². The van der Waals surface area contributed by atoms with Crippen LogP contribution in [0.2, 0.25) is 0 Å². The van der Waals surface area contributed by atoms with E-state index < -0.39 is 5.97 Å². The number of benzene rings is 1. The highest BCUT2D eigenvalue weighted by Gasteiger charge is 2.09. The molecule has 2 N–H and O–H groups in total. The summed E-state index contributed by atoms with van der Waals surface area (Å²) in [5, 5.41) is 23.4. The Balaban J connectivity index is 1.99. The standard InChI is InChI=1S/C14H13N3O2S/c1-9-3-2-4-10(7-15)13(9)16-6-5-12-17-11(8-20-12)14(18)19/h2-4,8,16H,5-6H2,1H3,(H,18,19). The topological polar surface area (TPSA) is 86.0 Å². The van der Waals surface area contributed by atoms with Crippen molar-refractivity contribution in [3.63, 3.8) is 0 Å². The van der Waals surface area contributed by atoms with Gasteiger partial charge in [-0.2, -0.15) is 5.26 Å². The molecule has 1 aromatic carbocycles. The monoisotopic (exact) mass is 287 g/mol. The fourth-order valence-electron chi connectivity index (χ4n) is 1.81. The number of carboxylic acids is 1. The first-order valence-corrected chi connectivity index (χ1v) is 6.91. The van der Waals surface area contributed by atoms with Crippen LogP contribution in [0.1, 0.15) is 26.6 Å². The minimum atomic E-state index is -1.01. The van der Waals surface area contributed by atoms with E-state index in [0.29, 0.717) is 18.5 Å². The number of rotatable bonds is 5. The SMILES string of the molecule is Cc1cccc(C#N)c1NCCc1nc(C(=O)O)cs1. The molecule has 2 rings (SSSR count). The van der Waals surface area contributed by atoms with Gasteiger partial charge in [-0.3, -0.25) is 0 Å². The molecule has 0 aliphatic heterocycles. The van der Waals surface area contributed by atoms with Gasteiger partial charge in [-0.1, -0.05) is 12.1 Å². The fraction of sp³-hybridized carbons (Fsp3) is 0.214. The second kappa shape index (κ2) is 6.17. The first kappa shape index (κ1) is 14.0. The van der Waals surface area contributed by atoms with Crippen LogP contribution in [-0.2, 0) is 6.42 Å². The van der Waals surface area contributed by atoms with Crippen LogP contribution in [0.4, 0.5) is 5.69 Å². The normalized spacial score (nSPS) is 10.0. The first-order chi connectivity index (χ1) is 9.61. The second-order valence-corrected chi connectivity index (χ2v) is 5.16. The maximum Gasteiger partial charge on any atom is 0.355 e. The molecule has 0 bridgehead atoms. The number of aromatic carboxylic acids is 1. The Morgan fingerprint density at radius 2 is 2.35 bits per heavy atom. The van der Waals surface area contributed by atoms with Crippen molar-refractivity contribution in [2.24, 2.45) is 0 Å². The average Bonchev–Trinajstić information content (AvgIpc) is 2.89. The Kier molecular flexibility index (Phi) is 4.33. The van der Waals surface area contributed by atoms with E-state index in [2.05, 4.69) is 16.4 Å². The third-order valence-electron chi connectivity index (χ3n) is 2.80. The highest BCUT2D eigenvalue weighted by atomic mass is 32.1. The van der Waals surface area contributed by atoms with Gasteiger partial charge in [-0.15, -0.1) is 11.3 Å². The zero-order valence-corrected chi connectivity index (χ0v) is 11.7. The molecule has 0 aliphatic rings. The lowest BCUT2D eigenvalue weighted by Gasteiger charge is -2.10. The van der Waals surface area contributed by atoms with Crippen molar-refractivity contribution in [1.82, 2.24) is 4.98 Å². The summed E-state index contributed by atoms with van der Waals surface area (Å²) in [5.41, 5.74) is 2.52. The summed E-state index contributed by atoms with van der Waals surface area (Å²) in [4.78, 5) is 14.8. The predicted octanol–water partition coefficient (Wildman–Crippen LogP) is 2.68. The summed E-state index contributed by atoms with van der Waals surface area (Å²) in [6.07, 6.45) is 0.622. The molecule has 0 aliphatic carbocycles. The van der Waals surface area contributed by atoms with Gasteiger partial charge in [0.1, 0.15) is 6.07 Å². The van der Waals surface area contributed by atoms with E-state index in [1.807, 2.05) is 19.1 Å². The zero-order chi connectivity index (χ0) is 14.5. The molecule has 1 aromatic heterocycles. The summed E-state index contributed by atoms with van der Waals surface area (Å²) >= 11 is 1.33. The van der Waals surface area contributed by atoms with Crippen molar-refractivity contribution in [3.8, 4) is 6.07 Å². The summed E-state index contributed by atoms with van der Waals surface area (Å²) in [7, 11) is 0. The van der Waals surface area contributed by atoms with Crippen LogP contribution in [0.5, 0.6) is 0 Å². The van der Waals surface area contributed by atoms with Crippen LogP contribution < -0.4 is 5.32 Å². The van der Waals surface area contributed by atoms with E-state index in [9.17, 15) is 4.79 Å². The van der Waals surface area contributed by atoms with Crippen molar-refractivity contribution in [3.05, 3.63) is 45.4 Å². The number of para-hydroxylation sites is 1. The van der Waals surface area contributed by atoms with E-state index in [4.69, 9.17) is 10.4 Å². The quantitative estimate of drug-likeness (QED) is 0.883. The molecule has 102 valence electrons. The second-order valence-electron chi connectivity index (χ2n) is 4.22. The molecular formula is C14H13N3O2S. The Hall–Kier alpha value is -2.39. The average molecular weight is 287 g/mol. The molecule has 0 atom stereocenters. The van der Waals surface area contributed by atoms with Crippen LogP contribution in [0.15, 0.2) is 23.6 Å². The van der Waals surface area contributed by atoms with Gasteiger partial charge < -0.3 is 10.4 Å². The molecule has 2 aromatic rings. The number of nitriles is 1. The number of nitrogens with one attached hydrogen (secondary N) is 1. The van der Waals surface area contributed by atoms with Gasteiger partial charge in [-0.25, -0.2) is 9.78 Å². The number of carbonyl (C=O) groups is 1. The van der Waals surface area contributed by atoms with Gasteiger partial charge in [0, 0.05) is 18.3 Å². The number of nitrogens with zero attached hydrogens (tertiary/aromatic N) is 2. The highest BCUT2D eigenvalue weighted by Crippen LogP contribution is 2.20. The predicted molar refractivity (Wildman–Crippen MR) is 77.2 cm³/mol. The molecule has 1 heterocycles. The van der Waals surface area contributed by atoms with Crippen LogP contribution in [0.3, 0.4) is 0 Å². The van der Waals surface area contributed by atoms with E-state index >= 15 is 0 Å². The number of anilines is 1. The molecule has 0 amide bonds. The molecule has 6 heteroatoms. The third kappa shape index (κ3) is 3.13. The number of aromatic nitrogens is 1. The maximum atomic E-state index is 10.7. The van der Waals surface area contributed by atoms with Crippen molar-refractivity contribution in [1.29, 1.82) is 5.26 Å². The minimum Gasteiger partial charge on any atom is -0.476 e. The molecule has 0 radical (unpaired) electrons. The molecule has 0 unspecified atom stereocenters. The molecule has 0 spiro atoms. The zero-order valence-electron chi connectivity index (χ0n) is 10.9. The highest BCUT2D eigenvalue weighted by molar-refractivity contribution is 7.09. The molecule has 0 saturated carbocycles. The lowest BCUT2D eigenvalue weighted by atomic mass is 10.1. The number of hydrogen-bond acceptors (Lipinski definition) is 5. The van der Waals surface area contributed by atoms with Gasteiger partial charge in [0.25, 0.3) is 0 Å². The van der Waals surface area contributed by atoms with Crippen LogP contribution in [0, 0.1) is 18.3 Å². The fourth-order valence-corrected chi connectivity index (χ4v) is 2.59. The van der Waals surface area contributed by atoms with E-state index in [1.165, 1.54) is 16.7 Å². The van der Waals surface area contributed by atoms with E-state index in [0.717, 1.165) is 16.3 Å². The largest absolute Gasteiger partial charge is 0.476 e. The maximum absolute atomic E-state index is 10.7. The molecular weight excluding hydrogens is 274 g/mol. The summed E-state index contributed by atoms with van der Waals surface area (Å²) < 4.78 is 0. The van der Waals surface area contributed by atoms with Gasteiger partial charge >= 0.3 is 5.97 Å². The first-order valence-electron chi connectivity index (χ1n) is 6.03. The van der Waals surface area contributed by atoms with Crippen LogP contribution >= 0.6 is 11.3 Å². The number of thiazole rings is 1. The Morgan fingerprint density at radius 3 is 3.00 bits per heavy atom. The number of aryl methyl sites for hydroxylation is 1. The summed E-state index contributed by atoms with van der Waals surface area (Å²) in [6.45, 7) is 2.54. The molecule has 20 heavy (non-hydrogen) atoms. The van der Waals surface area contributed by atoms with Crippen molar-refractivity contribution >= 4 is 23.0 Å². The minimum absolute atomic E-state index is 0.0820. The van der Waals surface area contributed by atoms with Gasteiger partial charge in [-0.05, 0) is 18.6 Å². The van der Waals surface area contributed by atoms with Gasteiger partial charge in [0.15, 0.2) is 5.69 Å². The van der Waals surface area contributed by atoms with Crippen molar-refractivity contribution < 1.29 is 9.90 Å². The van der Waals surface area contributed by atoms with Crippen molar-refractivity contribution in [2.45, 2.75) is 13.3 Å². The number of carboxylic acid groups (broad SMARTS) is 1. The van der Waals surface area contributed by atoms with Gasteiger partial charge in [0.05, 0.1) is 16.3 Å². The smallest absolute Gasteiger partial charge is 0.355 e. The Labute approximate surface area is 120 Å². The van der Waals surface area contributed by atoms with Gasteiger partial charge in [0.2, 0.25) is 0 Å². The van der Waals surface area contributed by atoms with Crippen LogP contribution in [0.25, 0.3) is 0 Å². The lowest BCUT2D eigenvalue weighted by molar-refractivity contribution is 0.0691. The Bertz CT molecular complexity index is 673. The lowest BCUT2D eigenvalue weighted by Crippen LogP contribution is -2.08. The number of hydrogen-bond donors (Lipinski definition) is 2. The molecule has 0 fully saturated rings. The molecule has 5 nitrogen and oxygen atoms in total. The summed E-state index contributed by atoms with van der Waals surface area (Å²) in [6, 6.07) is 7.70. The van der Waals surface area contributed by atoms with E-state index in [-0.39, 0.29) is 5.69 Å². The molecule has 0 saturated heterocycles. The summed E-state index contributed by atoms with van der Waals surface area (Å²) in [5.74, 6) is -1.01.